The number of likely N-dealkylation sites (N-methyl/N-ethyl adjacent to an activating group) is 1. The molecule has 0 bridgehead atoms. The van der Waals surface area contributed by atoms with Crippen molar-refractivity contribution >= 4 is 13.7 Å². The molecule has 0 spiro atoms. The number of amides is 1. The van der Waals surface area contributed by atoms with Crippen molar-refractivity contribution in [2.45, 2.75) is 187 Å². The van der Waals surface area contributed by atoms with Crippen LogP contribution in [-0.2, 0) is 18.4 Å². The quantitative estimate of drug-likeness (QED) is 0.0284. The lowest BCUT2D eigenvalue weighted by atomic mass is 10.0. The maximum absolute atomic E-state index is 12.8. The molecule has 300 valence electrons. The van der Waals surface area contributed by atoms with Gasteiger partial charge in [0.1, 0.15) is 13.2 Å². The van der Waals surface area contributed by atoms with E-state index in [4.69, 9.17) is 9.05 Å². The van der Waals surface area contributed by atoms with Crippen LogP contribution in [0.2, 0.25) is 0 Å². The molecule has 0 rings (SSSR count). The zero-order valence-electron chi connectivity index (χ0n) is 33.8. The van der Waals surface area contributed by atoms with E-state index in [1.807, 2.05) is 21.1 Å². The van der Waals surface area contributed by atoms with Crippen molar-refractivity contribution in [3.05, 3.63) is 36.5 Å². The summed E-state index contributed by atoms with van der Waals surface area (Å²) in [6.07, 6.45) is 40.0. The third kappa shape index (κ3) is 36.9. The SMILES string of the molecule is CCCCC/C=C\C/C=C\C/C=C\CCCCCCCCC(=O)NC(COP(=O)([O-])OCC[N+](C)(C)C)C(O)CCCCCCCCCCCC. The highest BCUT2D eigenvalue weighted by molar-refractivity contribution is 7.45. The Kier molecular flexibility index (Phi) is 33.6. The molecule has 3 unspecified atom stereocenters. The Morgan fingerprint density at radius 1 is 0.686 bits per heavy atom. The molecule has 0 aliphatic carbocycles. The van der Waals surface area contributed by atoms with Gasteiger partial charge in [-0.05, 0) is 51.4 Å². The van der Waals surface area contributed by atoms with Crippen LogP contribution >= 0.6 is 7.82 Å². The third-order valence-electron chi connectivity index (χ3n) is 9.13. The van der Waals surface area contributed by atoms with Crippen LogP contribution in [0, 0.1) is 0 Å². The first-order valence-electron chi connectivity index (χ1n) is 20.8. The minimum atomic E-state index is -4.56. The summed E-state index contributed by atoms with van der Waals surface area (Å²) >= 11 is 0. The topological polar surface area (TPSA) is 108 Å². The van der Waals surface area contributed by atoms with Crippen LogP contribution in [0.5, 0.6) is 0 Å². The molecular weight excluding hydrogens is 659 g/mol. The lowest BCUT2D eigenvalue weighted by Crippen LogP contribution is -2.46. The van der Waals surface area contributed by atoms with Gasteiger partial charge in [-0.1, -0.05) is 153 Å². The highest BCUT2D eigenvalue weighted by Crippen LogP contribution is 2.38. The van der Waals surface area contributed by atoms with Crippen LogP contribution in [0.25, 0.3) is 0 Å². The second kappa shape index (κ2) is 34.5. The van der Waals surface area contributed by atoms with Gasteiger partial charge >= 0.3 is 0 Å². The molecule has 0 saturated heterocycles. The predicted octanol–water partition coefficient (Wildman–Crippen LogP) is 10.5. The van der Waals surface area contributed by atoms with E-state index in [0.29, 0.717) is 23.9 Å². The first kappa shape index (κ1) is 49.7. The number of aliphatic hydroxyl groups is 1. The number of aliphatic hydroxyl groups excluding tert-OH is 1. The van der Waals surface area contributed by atoms with Crippen molar-refractivity contribution in [1.82, 2.24) is 5.32 Å². The van der Waals surface area contributed by atoms with Gasteiger partial charge in [-0.25, -0.2) is 0 Å². The summed E-state index contributed by atoms with van der Waals surface area (Å²) in [5.41, 5.74) is 0. The molecule has 2 N–H and O–H groups in total. The largest absolute Gasteiger partial charge is 0.756 e. The Bertz CT molecular complexity index is 933. The van der Waals surface area contributed by atoms with Crippen molar-refractivity contribution in [3.63, 3.8) is 0 Å². The van der Waals surface area contributed by atoms with Crippen LogP contribution in [-0.4, -0.2) is 68.5 Å². The van der Waals surface area contributed by atoms with Crippen LogP contribution in [0.4, 0.5) is 0 Å². The van der Waals surface area contributed by atoms with Crippen molar-refractivity contribution in [2.24, 2.45) is 0 Å². The van der Waals surface area contributed by atoms with Crippen molar-refractivity contribution in [1.29, 1.82) is 0 Å². The average Bonchev–Trinajstić information content (AvgIpc) is 3.07. The van der Waals surface area contributed by atoms with Gasteiger partial charge in [0.2, 0.25) is 5.91 Å². The minimum Gasteiger partial charge on any atom is -0.756 e. The molecule has 0 aromatic rings. The number of phosphoric ester groups is 1. The number of hydrogen-bond acceptors (Lipinski definition) is 6. The molecule has 0 aliphatic rings. The van der Waals surface area contributed by atoms with Gasteiger partial charge in [-0.3, -0.25) is 9.36 Å². The number of phosphoric acid groups is 1. The van der Waals surface area contributed by atoms with E-state index in [9.17, 15) is 19.4 Å². The zero-order valence-corrected chi connectivity index (χ0v) is 34.7. The number of carbonyl (C=O) groups is 1. The maximum Gasteiger partial charge on any atom is 0.268 e. The normalized spacial score (nSPS) is 14.9. The van der Waals surface area contributed by atoms with E-state index >= 15 is 0 Å². The summed E-state index contributed by atoms with van der Waals surface area (Å²) in [4.78, 5) is 25.2. The molecule has 0 aliphatic heterocycles. The van der Waals surface area contributed by atoms with Gasteiger partial charge < -0.3 is 28.8 Å². The molecule has 0 radical (unpaired) electrons. The second-order valence-electron chi connectivity index (χ2n) is 15.3. The number of carbonyl (C=O) groups excluding carboxylic acids is 1. The minimum absolute atomic E-state index is 0.00827. The fourth-order valence-electron chi connectivity index (χ4n) is 5.75. The van der Waals surface area contributed by atoms with Crippen LogP contribution in [0.15, 0.2) is 36.5 Å². The van der Waals surface area contributed by atoms with Crippen molar-refractivity contribution in [3.8, 4) is 0 Å². The van der Waals surface area contributed by atoms with Gasteiger partial charge in [-0.2, -0.15) is 0 Å². The Morgan fingerprint density at radius 2 is 1.14 bits per heavy atom. The Hall–Kier alpha value is -1.28. The fraction of sp³-hybridized carbons (Fsp3) is 0.833. The number of nitrogens with one attached hydrogen (secondary N) is 1. The van der Waals surface area contributed by atoms with Gasteiger partial charge in [0.25, 0.3) is 7.82 Å². The smallest absolute Gasteiger partial charge is 0.268 e. The van der Waals surface area contributed by atoms with E-state index in [1.54, 1.807) is 0 Å². The lowest BCUT2D eigenvalue weighted by molar-refractivity contribution is -0.870. The number of unbranched alkanes of at least 4 members (excludes halogenated alkanes) is 18. The van der Waals surface area contributed by atoms with Gasteiger partial charge in [-0.15, -0.1) is 0 Å². The van der Waals surface area contributed by atoms with E-state index in [1.165, 1.54) is 83.5 Å². The summed E-state index contributed by atoms with van der Waals surface area (Å²) in [7, 11) is 1.29. The predicted molar refractivity (Wildman–Crippen MR) is 215 cm³/mol. The molecule has 0 heterocycles. The number of rotatable bonds is 37. The highest BCUT2D eigenvalue weighted by atomic mass is 31.2. The van der Waals surface area contributed by atoms with Gasteiger partial charge in [0, 0.05) is 6.42 Å². The van der Waals surface area contributed by atoms with Crippen LogP contribution < -0.4 is 10.2 Å². The van der Waals surface area contributed by atoms with E-state index in [-0.39, 0.29) is 19.1 Å². The van der Waals surface area contributed by atoms with Crippen LogP contribution in [0.3, 0.4) is 0 Å². The summed E-state index contributed by atoms with van der Waals surface area (Å²) < 4.78 is 23.2. The van der Waals surface area contributed by atoms with E-state index in [2.05, 4.69) is 55.6 Å². The monoisotopic (exact) mass is 741 g/mol. The maximum atomic E-state index is 12.8. The van der Waals surface area contributed by atoms with Crippen molar-refractivity contribution < 1.29 is 32.9 Å². The Morgan fingerprint density at radius 3 is 1.69 bits per heavy atom. The molecular formula is C42H81N2O6P. The number of nitrogens with zero attached hydrogens (tertiary/aromatic N) is 1. The standard InChI is InChI=1S/C42H81N2O6P/c1-6-8-10-12-14-16-18-19-20-21-22-23-24-25-26-28-30-32-34-36-42(46)43-40(39-50-51(47,48)49-38-37-44(3,4)5)41(45)35-33-31-29-27-17-15-13-11-9-7-2/h14,16,19-20,22-23,40-41,45H,6-13,15,17-18,21,24-39H2,1-5H3,(H-,43,46,47,48)/b16-14-,20-19-,23-22-. The van der Waals surface area contributed by atoms with E-state index < -0.39 is 20.0 Å². The summed E-state index contributed by atoms with van der Waals surface area (Å²) in [6, 6.07) is -0.805. The summed E-state index contributed by atoms with van der Waals surface area (Å²) in [5, 5.41) is 13.8. The molecule has 9 heteroatoms. The second-order valence-corrected chi connectivity index (χ2v) is 16.8. The first-order valence-corrected chi connectivity index (χ1v) is 22.3. The molecule has 3 atom stereocenters. The molecule has 0 saturated carbocycles. The molecule has 0 aromatic carbocycles. The van der Waals surface area contributed by atoms with Crippen molar-refractivity contribution in [2.75, 3.05) is 40.9 Å². The molecule has 51 heavy (non-hydrogen) atoms. The molecule has 0 fully saturated rings. The fourth-order valence-corrected chi connectivity index (χ4v) is 6.47. The summed E-state index contributed by atoms with van der Waals surface area (Å²) in [5.74, 6) is -0.181. The number of allylic oxidation sites excluding steroid dienone is 6. The molecule has 1 amide bonds. The zero-order chi connectivity index (χ0) is 37.9. The number of quaternary nitrogens is 1. The van der Waals surface area contributed by atoms with Crippen LogP contribution in [0.1, 0.15) is 174 Å². The molecule has 8 nitrogen and oxygen atoms in total. The Balaban J connectivity index is 4.38. The average molecular weight is 741 g/mol. The lowest BCUT2D eigenvalue weighted by Gasteiger charge is -2.30. The van der Waals surface area contributed by atoms with Gasteiger partial charge in [0.05, 0.1) is 39.9 Å². The highest BCUT2D eigenvalue weighted by Gasteiger charge is 2.24. The van der Waals surface area contributed by atoms with E-state index in [0.717, 1.165) is 64.2 Å². The molecule has 0 aromatic heterocycles. The first-order chi connectivity index (χ1) is 24.5. The third-order valence-corrected chi connectivity index (χ3v) is 10.1. The summed E-state index contributed by atoms with van der Waals surface area (Å²) in [6.45, 7) is 4.65. The van der Waals surface area contributed by atoms with Gasteiger partial charge in [0.15, 0.2) is 0 Å². The number of hydrogen-bond donors (Lipinski definition) is 2. The Labute approximate surface area is 315 Å².